The van der Waals surface area contributed by atoms with Crippen LogP contribution in [0.5, 0.6) is 0 Å². The van der Waals surface area contributed by atoms with Crippen molar-refractivity contribution in [1.82, 2.24) is 25.5 Å². The van der Waals surface area contributed by atoms with E-state index in [1.807, 2.05) is 0 Å². The molecule has 0 spiro atoms. The Hall–Kier alpha value is -2.05. The van der Waals surface area contributed by atoms with E-state index in [1.54, 1.807) is 6.92 Å². The summed E-state index contributed by atoms with van der Waals surface area (Å²) in [6.45, 7) is 1.26. The lowest BCUT2D eigenvalue weighted by Crippen LogP contribution is -2.33. The summed E-state index contributed by atoms with van der Waals surface area (Å²) in [6.07, 6.45) is -0.170. The molecule has 2 heterocycles. The number of hydrogen-bond donors (Lipinski definition) is 0. The van der Waals surface area contributed by atoms with Crippen molar-refractivity contribution in [3.8, 4) is 0 Å². The van der Waals surface area contributed by atoms with Crippen LogP contribution in [-0.2, 0) is 34.9 Å². The van der Waals surface area contributed by atoms with Gasteiger partial charge < -0.3 is 0 Å². The zero-order valence-corrected chi connectivity index (χ0v) is 11.7. The lowest BCUT2D eigenvalue weighted by atomic mass is 10.4. The summed E-state index contributed by atoms with van der Waals surface area (Å²) in [5.74, 6) is -0.907. The number of carbonyl (C=O) groups is 2. The Balaban J connectivity index is 1.85. The predicted octanol–water partition coefficient (Wildman–Crippen LogP) is -1.54. The van der Waals surface area contributed by atoms with Gasteiger partial charge in [-0.05, 0) is 6.92 Å². The van der Waals surface area contributed by atoms with E-state index >= 15 is 0 Å². The van der Waals surface area contributed by atoms with Crippen LogP contribution in [0, 0.1) is 6.92 Å². The molecule has 114 valence electrons. The Labute approximate surface area is 119 Å². The second kappa shape index (κ2) is 6.15. The molecule has 1 fully saturated rings. The van der Waals surface area contributed by atoms with E-state index in [0.717, 1.165) is 0 Å². The Bertz CT molecular complexity index is 629. The number of imide groups is 1. The van der Waals surface area contributed by atoms with Gasteiger partial charge in [-0.2, -0.15) is 8.42 Å². The number of hydrogen-bond acceptors (Lipinski definition) is 10. The van der Waals surface area contributed by atoms with E-state index in [-0.39, 0.29) is 36.8 Å². The molecule has 21 heavy (non-hydrogen) atoms. The summed E-state index contributed by atoms with van der Waals surface area (Å²) < 4.78 is 31.7. The van der Waals surface area contributed by atoms with Crippen LogP contribution in [0.15, 0.2) is 0 Å². The van der Waals surface area contributed by atoms with E-state index in [2.05, 4.69) is 28.9 Å². The lowest BCUT2D eigenvalue weighted by molar-refractivity contribution is -0.165. The topological polar surface area (TPSA) is 142 Å². The quantitative estimate of drug-likeness (QED) is 0.566. The summed E-state index contributed by atoms with van der Waals surface area (Å²) in [5, 5.41) is 14.8. The first kappa shape index (κ1) is 15.3. The number of hydroxylamine groups is 2. The largest absolute Gasteiger partial charge is 0.421 e. The van der Waals surface area contributed by atoms with Gasteiger partial charge in [-0.15, -0.1) is 29.7 Å². The van der Waals surface area contributed by atoms with Crippen molar-refractivity contribution >= 4 is 22.2 Å². The third-order valence-electron chi connectivity index (χ3n) is 2.35. The van der Waals surface area contributed by atoms with Gasteiger partial charge in [-0.3, -0.25) is 9.59 Å². The SMILES string of the molecule is Cc1nnc(CCOS(=O)(=O)ON2C(=O)CCC2=O)nn1. The van der Waals surface area contributed by atoms with Crippen LogP contribution in [-0.4, -0.2) is 52.3 Å². The zero-order chi connectivity index (χ0) is 15.5. The molecule has 11 nitrogen and oxygen atoms in total. The van der Waals surface area contributed by atoms with Crippen LogP contribution in [0.1, 0.15) is 24.5 Å². The minimum Gasteiger partial charge on any atom is -0.272 e. The zero-order valence-electron chi connectivity index (χ0n) is 10.9. The van der Waals surface area contributed by atoms with Gasteiger partial charge >= 0.3 is 10.4 Å². The van der Waals surface area contributed by atoms with E-state index in [9.17, 15) is 18.0 Å². The highest BCUT2D eigenvalue weighted by Gasteiger charge is 2.34. The highest BCUT2D eigenvalue weighted by molar-refractivity contribution is 7.81. The van der Waals surface area contributed by atoms with E-state index < -0.39 is 22.2 Å². The molecule has 2 amide bonds. The molecule has 1 aromatic rings. The first-order valence-corrected chi connectivity index (χ1v) is 7.18. The van der Waals surface area contributed by atoms with Gasteiger partial charge in [-0.25, -0.2) is 4.18 Å². The van der Waals surface area contributed by atoms with E-state index in [1.165, 1.54) is 0 Å². The number of nitrogens with zero attached hydrogens (tertiary/aromatic N) is 5. The summed E-state index contributed by atoms with van der Waals surface area (Å²) in [5.41, 5.74) is 0. The fraction of sp³-hybridized carbons (Fsp3) is 0.556. The first-order valence-electron chi connectivity index (χ1n) is 5.85. The summed E-state index contributed by atoms with van der Waals surface area (Å²) >= 11 is 0. The van der Waals surface area contributed by atoms with Gasteiger partial charge in [0.1, 0.15) is 0 Å². The predicted molar refractivity (Wildman–Crippen MR) is 63.1 cm³/mol. The molecule has 0 radical (unpaired) electrons. The molecule has 0 N–H and O–H groups in total. The molecule has 0 unspecified atom stereocenters. The van der Waals surface area contributed by atoms with Gasteiger partial charge in [0.2, 0.25) is 0 Å². The maximum Gasteiger partial charge on any atom is 0.421 e. The molecular formula is C9H11N5O6S. The van der Waals surface area contributed by atoms with Gasteiger partial charge in [0.25, 0.3) is 11.8 Å². The third-order valence-corrected chi connectivity index (χ3v) is 3.13. The van der Waals surface area contributed by atoms with Gasteiger partial charge in [-0.1, -0.05) is 0 Å². The number of aryl methyl sites for hydroxylation is 1. The minimum absolute atomic E-state index is 0.0186. The van der Waals surface area contributed by atoms with Crippen molar-refractivity contribution < 1.29 is 26.5 Å². The summed E-state index contributed by atoms with van der Waals surface area (Å²) in [6, 6.07) is 0. The second-order valence-electron chi connectivity index (χ2n) is 4.00. The molecule has 1 aliphatic rings. The maximum absolute atomic E-state index is 11.5. The number of rotatable bonds is 6. The van der Waals surface area contributed by atoms with Crippen molar-refractivity contribution in [1.29, 1.82) is 0 Å². The average Bonchev–Trinajstić information content (AvgIpc) is 2.72. The lowest BCUT2D eigenvalue weighted by Gasteiger charge is -2.12. The number of aromatic nitrogens is 4. The molecule has 1 saturated heterocycles. The van der Waals surface area contributed by atoms with Gasteiger partial charge in [0, 0.05) is 19.3 Å². The fourth-order valence-electron chi connectivity index (χ4n) is 1.39. The van der Waals surface area contributed by atoms with Gasteiger partial charge in [0.15, 0.2) is 11.6 Å². The third kappa shape index (κ3) is 4.21. The molecule has 12 heteroatoms. The Morgan fingerprint density at radius 1 is 1.10 bits per heavy atom. The highest BCUT2D eigenvalue weighted by atomic mass is 32.3. The first-order chi connectivity index (χ1) is 9.87. The van der Waals surface area contributed by atoms with Crippen LogP contribution >= 0.6 is 0 Å². The van der Waals surface area contributed by atoms with E-state index in [4.69, 9.17) is 0 Å². The Morgan fingerprint density at radius 3 is 2.24 bits per heavy atom. The van der Waals surface area contributed by atoms with E-state index in [0.29, 0.717) is 5.82 Å². The Kier molecular flexibility index (Phi) is 4.50. The fourth-order valence-corrected chi connectivity index (χ4v) is 2.07. The maximum atomic E-state index is 11.5. The smallest absolute Gasteiger partial charge is 0.272 e. The minimum atomic E-state index is -4.52. The number of carbonyl (C=O) groups excluding carboxylic acids is 2. The van der Waals surface area contributed by atoms with Crippen LogP contribution in [0.2, 0.25) is 0 Å². The molecule has 0 bridgehead atoms. The molecule has 2 rings (SSSR count). The molecular weight excluding hydrogens is 306 g/mol. The second-order valence-corrected chi connectivity index (χ2v) is 5.20. The van der Waals surface area contributed by atoms with Gasteiger partial charge in [0.05, 0.1) is 6.61 Å². The standard InChI is InChI=1S/C9H11N5O6S/c1-6-10-12-7(13-11-6)4-5-19-21(17,18)20-14-8(15)2-3-9(14)16/h2-5H2,1H3. The van der Waals surface area contributed by atoms with Crippen LogP contribution in [0.4, 0.5) is 0 Å². The molecule has 0 aliphatic carbocycles. The van der Waals surface area contributed by atoms with Crippen molar-refractivity contribution in [2.45, 2.75) is 26.2 Å². The summed E-state index contributed by atoms with van der Waals surface area (Å²) in [4.78, 5) is 22.4. The molecule has 1 aromatic heterocycles. The van der Waals surface area contributed by atoms with Crippen molar-refractivity contribution in [2.24, 2.45) is 0 Å². The summed E-state index contributed by atoms with van der Waals surface area (Å²) in [7, 11) is -4.52. The normalized spacial score (nSPS) is 15.8. The average molecular weight is 317 g/mol. The van der Waals surface area contributed by atoms with Crippen LogP contribution < -0.4 is 0 Å². The molecule has 1 aliphatic heterocycles. The molecule has 0 saturated carbocycles. The molecule has 0 atom stereocenters. The van der Waals surface area contributed by atoms with Crippen LogP contribution in [0.3, 0.4) is 0 Å². The molecule has 0 aromatic carbocycles. The highest BCUT2D eigenvalue weighted by Crippen LogP contribution is 2.14. The van der Waals surface area contributed by atoms with Crippen molar-refractivity contribution in [3.63, 3.8) is 0 Å². The number of amides is 2. The monoisotopic (exact) mass is 317 g/mol. The van der Waals surface area contributed by atoms with Crippen LogP contribution in [0.25, 0.3) is 0 Å². The van der Waals surface area contributed by atoms with Crippen molar-refractivity contribution in [2.75, 3.05) is 6.61 Å². The van der Waals surface area contributed by atoms with Crippen molar-refractivity contribution in [3.05, 3.63) is 11.6 Å². The Morgan fingerprint density at radius 2 is 1.67 bits per heavy atom.